The molecule has 0 spiro atoms. The first-order chi connectivity index (χ1) is 8.16. The molecular weight excluding hydrogens is 210 g/mol. The number of hydrogen-bond acceptors (Lipinski definition) is 2. The Labute approximate surface area is 105 Å². The minimum Gasteiger partial charge on any atom is -0.323 e. The summed E-state index contributed by atoms with van der Waals surface area (Å²) < 4.78 is 2.20. The van der Waals surface area contributed by atoms with Gasteiger partial charge in [-0.05, 0) is 58.7 Å². The van der Waals surface area contributed by atoms with Gasteiger partial charge in [-0.1, -0.05) is 6.42 Å². The number of aromatic nitrogens is 1. The second kappa shape index (κ2) is 5.58. The number of hydrogen-bond donors (Lipinski definition) is 2. The van der Waals surface area contributed by atoms with Crippen molar-refractivity contribution in [3.8, 4) is 0 Å². The molecule has 2 unspecified atom stereocenters. The summed E-state index contributed by atoms with van der Waals surface area (Å²) in [5, 5.41) is 3.61. The summed E-state index contributed by atoms with van der Waals surface area (Å²) in [6, 6.07) is 5.53. The summed E-state index contributed by atoms with van der Waals surface area (Å²) in [5.41, 5.74) is 6.15. The van der Waals surface area contributed by atoms with Gasteiger partial charge >= 0.3 is 0 Å². The van der Waals surface area contributed by atoms with Crippen LogP contribution < -0.4 is 10.7 Å². The molecular formula is C14H25N3. The minimum absolute atomic E-state index is 0.510. The smallest absolute Gasteiger partial charge is 0.0411 e. The zero-order valence-corrected chi connectivity index (χ0v) is 11.3. The van der Waals surface area contributed by atoms with E-state index in [2.05, 4.69) is 48.3 Å². The summed E-state index contributed by atoms with van der Waals surface area (Å²) >= 11 is 0. The molecule has 3 heteroatoms. The van der Waals surface area contributed by atoms with Gasteiger partial charge in [0.05, 0.1) is 0 Å². The summed E-state index contributed by atoms with van der Waals surface area (Å²) in [7, 11) is 0. The zero-order chi connectivity index (χ0) is 12.3. The molecule has 3 nitrogen and oxygen atoms in total. The molecule has 2 rings (SSSR count). The van der Waals surface area contributed by atoms with Gasteiger partial charge in [0.2, 0.25) is 0 Å². The van der Waals surface area contributed by atoms with Crippen LogP contribution >= 0.6 is 0 Å². The molecule has 0 aromatic carbocycles. The monoisotopic (exact) mass is 235 g/mol. The molecule has 1 aliphatic heterocycles. The standard InChI is InChI=1S/C14H25N3/c1-11(10-14-6-4-5-9-15-14)16-17-12(2)7-8-13(17)3/h7-8,11,14-16H,4-6,9-10H2,1-3H3. The van der Waals surface area contributed by atoms with Gasteiger partial charge in [-0.15, -0.1) is 0 Å². The maximum atomic E-state index is 3.61. The lowest BCUT2D eigenvalue weighted by Gasteiger charge is -2.28. The SMILES string of the molecule is Cc1ccc(C)n1NC(C)CC1CCCCN1. The van der Waals surface area contributed by atoms with E-state index in [0.717, 1.165) is 0 Å². The largest absolute Gasteiger partial charge is 0.323 e. The van der Waals surface area contributed by atoms with Gasteiger partial charge in [-0.25, -0.2) is 0 Å². The van der Waals surface area contributed by atoms with Crippen LogP contribution in [-0.2, 0) is 0 Å². The van der Waals surface area contributed by atoms with Gasteiger partial charge in [0.25, 0.3) is 0 Å². The quantitative estimate of drug-likeness (QED) is 0.840. The average Bonchev–Trinajstić information content (AvgIpc) is 2.62. The third kappa shape index (κ3) is 3.25. The highest BCUT2D eigenvalue weighted by atomic mass is 15.4. The molecule has 1 aromatic heterocycles. The second-order valence-corrected chi connectivity index (χ2v) is 5.36. The first-order valence-corrected chi connectivity index (χ1v) is 6.81. The highest BCUT2D eigenvalue weighted by molar-refractivity contribution is 5.15. The Morgan fingerprint density at radius 3 is 2.65 bits per heavy atom. The fourth-order valence-electron chi connectivity index (χ4n) is 2.70. The molecule has 0 saturated carbocycles. The maximum Gasteiger partial charge on any atom is 0.0411 e. The summed E-state index contributed by atoms with van der Waals surface area (Å²) in [6.45, 7) is 7.76. The molecule has 0 amide bonds. The van der Waals surface area contributed by atoms with Crippen molar-refractivity contribution in [2.75, 3.05) is 12.0 Å². The molecule has 2 heterocycles. The van der Waals surface area contributed by atoms with E-state index in [1.165, 1.54) is 43.6 Å². The lowest BCUT2D eigenvalue weighted by Crippen LogP contribution is -2.39. The molecule has 17 heavy (non-hydrogen) atoms. The Morgan fingerprint density at radius 2 is 2.06 bits per heavy atom. The van der Waals surface area contributed by atoms with E-state index >= 15 is 0 Å². The second-order valence-electron chi connectivity index (χ2n) is 5.36. The van der Waals surface area contributed by atoms with Crippen molar-refractivity contribution in [2.45, 2.75) is 58.5 Å². The van der Waals surface area contributed by atoms with Crippen LogP contribution in [0.5, 0.6) is 0 Å². The Morgan fingerprint density at radius 1 is 1.35 bits per heavy atom. The summed E-state index contributed by atoms with van der Waals surface area (Å²) in [6.07, 6.45) is 5.26. The normalized spacial score (nSPS) is 22.4. The third-order valence-electron chi connectivity index (χ3n) is 3.67. The van der Waals surface area contributed by atoms with Gasteiger partial charge in [0, 0.05) is 23.5 Å². The molecule has 1 aromatic rings. The van der Waals surface area contributed by atoms with Crippen LogP contribution in [-0.4, -0.2) is 23.3 Å². The van der Waals surface area contributed by atoms with E-state index in [4.69, 9.17) is 0 Å². The van der Waals surface area contributed by atoms with Gasteiger partial charge in [-0.3, -0.25) is 4.68 Å². The average molecular weight is 235 g/mol. The molecule has 0 aliphatic carbocycles. The maximum absolute atomic E-state index is 3.61. The highest BCUT2D eigenvalue weighted by Gasteiger charge is 2.16. The van der Waals surface area contributed by atoms with E-state index in [1.807, 2.05) is 0 Å². The summed E-state index contributed by atoms with van der Waals surface area (Å²) in [5.74, 6) is 0. The molecule has 1 fully saturated rings. The predicted molar refractivity (Wildman–Crippen MR) is 73.0 cm³/mol. The fourth-order valence-corrected chi connectivity index (χ4v) is 2.70. The van der Waals surface area contributed by atoms with Gasteiger partial charge in [0.15, 0.2) is 0 Å². The minimum atomic E-state index is 0.510. The van der Waals surface area contributed by atoms with Crippen molar-refractivity contribution in [2.24, 2.45) is 0 Å². The van der Waals surface area contributed by atoms with Crippen molar-refractivity contribution in [1.82, 2.24) is 9.99 Å². The van der Waals surface area contributed by atoms with Crippen LogP contribution in [0, 0.1) is 13.8 Å². The topological polar surface area (TPSA) is 29.0 Å². The van der Waals surface area contributed by atoms with Crippen LogP contribution in [0.25, 0.3) is 0 Å². The van der Waals surface area contributed by atoms with Crippen molar-refractivity contribution in [3.63, 3.8) is 0 Å². The van der Waals surface area contributed by atoms with E-state index in [1.54, 1.807) is 0 Å². The first kappa shape index (κ1) is 12.5. The lowest BCUT2D eigenvalue weighted by atomic mass is 9.99. The Hall–Kier alpha value is -0.960. The number of nitrogens with one attached hydrogen (secondary N) is 2. The van der Waals surface area contributed by atoms with Crippen LogP contribution in [0.15, 0.2) is 12.1 Å². The first-order valence-electron chi connectivity index (χ1n) is 6.81. The molecule has 2 atom stereocenters. The molecule has 1 saturated heterocycles. The van der Waals surface area contributed by atoms with Crippen LogP contribution in [0.2, 0.25) is 0 Å². The van der Waals surface area contributed by atoms with Gasteiger partial charge < -0.3 is 10.7 Å². The van der Waals surface area contributed by atoms with Crippen LogP contribution in [0.1, 0.15) is 44.0 Å². The highest BCUT2D eigenvalue weighted by Crippen LogP contribution is 2.13. The molecule has 0 radical (unpaired) electrons. The van der Waals surface area contributed by atoms with E-state index in [9.17, 15) is 0 Å². The van der Waals surface area contributed by atoms with E-state index in [0.29, 0.717) is 12.1 Å². The van der Waals surface area contributed by atoms with Gasteiger partial charge in [-0.2, -0.15) is 0 Å². The third-order valence-corrected chi connectivity index (χ3v) is 3.67. The number of nitrogens with zero attached hydrogens (tertiary/aromatic N) is 1. The lowest BCUT2D eigenvalue weighted by molar-refractivity contribution is 0.365. The predicted octanol–water partition coefficient (Wildman–Crippen LogP) is 2.57. The Kier molecular flexibility index (Phi) is 4.11. The Bertz CT molecular complexity index is 331. The fraction of sp³-hybridized carbons (Fsp3) is 0.714. The van der Waals surface area contributed by atoms with Crippen molar-refractivity contribution in [1.29, 1.82) is 0 Å². The zero-order valence-electron chi connectivity index (χ0n) is 11.3. The molecule has 96 valence electrons. The summed E-state index contributed by atoms with van der Waals surface area (Å²) in [4.78, 5) is 0. The Balaban J connectivity index is 1.86. The van der Waals surface area contributed by atoms with Crippen molar-refractivity contribution >= 4 is 0 Å². The van der Waals surface area contributed by atoms with E-state index in [-0.39, 0.29) is 0 Å². The van der Waals surface area contributed by atoms with E-state index < -0.39 is 0 Å². The molecule has 1 aliphatic rings. The molecule has 0 bridgehead atoms. The number of piperidine rings is 1. The van der Waals surface area contributed by atoms with Crippen molar-refractivity contribution < 1.29 is 0 Å². The number of rotatable bonds is 4. The number of aryl methyl sites for hydroxylation is 2. The van der Waals surface area contributed by atoms with Crippen LogP contribution in [0.3, 0.4) is 0 Å². The van der Waals surface area contributed by atoms with Gasteiger partial charge in [0.1, 0.15) is 0 Å². The molecule has 2 N–H and O–H groups in total. The van der Waals surface area contributed by atoms with Crippen LogP contribution in [0.4, 0.5) is 0 Å². The van der Waals surface area contributed by atoms with Crippen molar-refractivity contribution in [3.05, 3.63) is 23.5 Å².